The van der Waals surface area contributed by atoms with Crippen LogP contribution in [-0.2, 0) is 4.79 Å². The first kappa shape index (κ1) is 11.8. The molecule has 0 aliphatic heterocycles. The van der Waals surface area contributed by atoms with Crippen molar-refractivity contribution >= 4 is 22.8 Å². The molecule has 0 radical (unpaired) electrons. The lowest BCUT2D eigenvalue weighted by molar-refractivity contribution is -0.139. The zero-order valence-electron chi connectivity index (χ0n) is 10.2. The average molecular weight is 258 g/mol. The van der Waals surface area contributed by atoms with Gasteiger partial charge in [-0.1, -0.05) is 6.07 Å². The summed E-state index contributed by atoms with van der Waals surface area (Å²) in [4.78, 5) is 26.4. The second kappa shape index (κ2) is 4.42. The molecule has 5 heteroatoms. The molecule has 1 atom stereocenters. The normalized spacial score (nSPS) is 16.2. The van der Waals surface area contributed by atoms with Crippen molar-refractivity contribution in [3.63, 3.8) is 0 Å². The molecule has 1 saturated carbocycles. The number of aliphatic carboxylic acids is 1. The molecule has 3 N–H and O–H groups in total. The van der Waals surface area contributed by atoms with Crippen molar-refractivity contribution in [3.8, 4) is 0 Å². The zero-order chi connectivity index (χ0) is 13.4. The fourth-order valence-corrected chi connectivity index (χ4v) is 2.31. The summed E-state index contributed by atoms with van der Waals surface area (Å²) >= 11 is 0. The number of carboxylic acid groups (broad SMARTS) is 1. The van der Waals surface area contributed by atoms with Crippen molar-refractivity contribution in [2.75, 3.05) is 0 Å². The molecule has 5 nitrogen and oxygen atoms in total. The summed E-state index contributed by atoms with van der Waals surface area (Å²) in [7, 11) is 0. The Morgan fingerprint density at radius 2 is 2.11 bits per heavy atom. The van der Waals surface area contributed by atoms with Gasteiger partial charge in [-0.15, -0.1) is 0 Å². The highest BCUT2D eigenvalue weighted by molar-refractivity contribution is 6.07. The number of fused-ring (bicyclic) bond motifs is 1. The monoisotopic (exact) mass is 258 g/mol. The van der Waals surface area contributed by atoms with Crippen molar-refractivity contribution < 1.29 is 14.7 Å². The van der Waals surface area contributed by atoms with E-state index in [1.54, 1.807) is 18.3 Å². The summed E-state index contributed by atoms with van der Waals surface area (Å²) in [6, 6.07) is 6.40. The van der Waals surface area contributed by atoms with Crippen LogP contribution in [0.3, 0.4) is 0 Å². The van der Waals surface area contributed by atoms with Gasteiger partial charge in [0.25, 0.3) is 5.91 Å². The number of aromatic amines is 1. The van der Waals surface area contributed by atoms with Crippen LogP contribution in [0.5, 0.6) is 0 Å². The number of hydrogen-bond donors (Lipinski definition) is 3. The Hall–Kier alpha value is -2.30. The molecule has 1 heterocycles. The Balaban J connectivity index is 1.87. The second-order valence-electron chi connectivity index (χ2n) is 4.87. The van der Waals surface area contributed by atoms with E-state index < -0.39 is 12.0 Å². The molecule has 98 valence electrons. The molecule has 0 bridgehead atoms. The highest BCUT2D eigenvalue weighted by Gasteiger charge is 2.37. The summed E-state index contributed by atoms with van der Waals surface area (Å²) in [5.74, 6) is -1.21. The number of nitrogens with one attached hydrogen (secondary N) is 2. The van der Waals surface area contributed by atoms with E-state index in [9.17, 15) is 9.59 Å². The molecule has 1 aromatic heterocycles. The number of carbonyl (C=O) groups excluding carboxylic acids is 1. The third kappa shape index (κ3) is 2.19. The molecule has 0 saturated heterocycles. The highest BCUT2D eigenvalue weighted by Crippen LogP contribution is 2.33. The number of amides is 1. The number of rotatable bonds is 4. The van der Waals surface area contributed by atoms with E-state index in [0.717, 1.165) is 23.7 Å². The Labute approximate surface area is 109 Å². The molecule has 1 amide bonds. The van der Waals surface area contributed by atoms with Crippen molar-refractivity contribution in [2.24, 2.45) is 5.92 Å². The minimum Gasteiger partial charge on any atom is -0.480 e. The maximum Gasteiger partial charge on any atom is 0.326 e. The number of benzene rings is 1. The van der Waals surface area contributed by atoms with Gasteiger partial charge in [-0.25, -0.2) is 4.79 Å². The van der Waals surface area contributed by atoms with Crippen LogP contribution in [0.4, 0.5) is 0 Å². The van der Waals surface area contributed by atoms with E-state index in [2.05, 4.69) is 10.3 Å². The van der Waals surface area contributed by atoms with Gasteiger partial charge in [-0.2, -0.15) is 0 Å². The Kier molecular flexibility index (Phi) is 2.74. The van der Waals surface area contributed by atoms with Crippen LogP contribution in [0.1, 0.15) is 23.2 Å². The van der Waals surface area contributed by atoms with Crippen LogP contribution in [0.25, 0.3) is 10.9 Å². The third-order valence-electron chi connectivity index (χ3n) is 3.49. The van der Waals surface area contributed by atoms with E-state index in [1.807, 2.05) is 12.1 Å². The first-order valence-electron chi connectivity index (χ1n) is 6.26. The van der Waals surface area contributed by atoms with Crippen molar-refractivity contribution in [2.45, 2.75) is 18.9 Å². The summed E-state index contributed by atoms with van der Waals surface area (Å²) in [5.41, 5.74) is 1.37. The molecule has 3 rings (SSSR count). The average Bonchev–Trinajstić information content (AvgIpc) is 3.11. The number of carboxylic acids is 1. The van der Waals surface area contributed by atoms with Gasteiger partial charge in [0.2, 0.25) is 0 Å². The molecule has 19 heavy (non-hydrogen) atoms. The van der Waals surface area contributed by atoms with Gasteiger partial charge in [0.05, 0.1) is 0 Å². The van der Waals surface area contributed by atoms with Crippen LogP contribution < -0.4 is 5.32 Å². The molecule has 0 spiro atoms. The van der Waals surface area contributed by atoms with Crippen molar-refractivity contribution in [1.29, 1.82) is 0 Å². The Bertz CT molecular complexity index is 643. The van der Waals surface area contributed by atoms with E-state index in [0.29, 0.717) is 5.56 Å². The SMILES string of the molecule is O=C(NC(C(=O)O)C1CC1)c1cccc2[nH]ccc12. The minimum atomic E-state index is -0.961. The molecule has 1 aliphatic carbocycles. The van der Waals surface area contributed by atoms with Crippen LogP contribution in [0, 0.1) is 5.92 Å². The van der Waals surface area contributed by atoms with Crippen LogP contribution >= 0.6 is 0 Å². The van der Waals surface area contributed by atoms with Gasteiger partial charge in [0.1, 0.15) is 6.04 Å². The second-order valence-corrected chi connectivity index (χ2v) is 4.87. The molecular formula is C14H14N2O3. The molecule has 1 aromatic carbocycles. The van der Waals surface area contributed by atoms with Crippen LogP contribution in [0.2, 0.25) is 0 Å². The first-order valence-corrected chi connectivity index (χ1v) is 6.26. The van der Waals surface area contributed by atoms with Gasteiger partial charge < -0.3 is 15.4 Å². The molecule has 2 aromatic rings. The summed E-state index contributed by atoms with van der Waals surface area (Å²) < 4.78 is 0. The summed E-state index contributed by atoms with van der Waals surface area (Å²) in [6.07, 6.45) is 3.49. The molecular weight excluding hydrogens is 244 g/mol. The van der Waals surface area contributed by atoms with Gasteiger partial charge in [0.15, 0.2) is 0 Å². The van der Waals surface area contributed by atoms with Gasteiger partial charge in [0, 0.05) is 22.7 Å². The lowest BCUT2D eigenvalue weighted by atomic mass is 10.1. The van der Waals surface area contributed by atoms with Gasteiger partial charge >= 0.3 is 5.97 Å². The molecule has 1 aliphatic rings. The smallest absolute Gasteiger partial charge is 0.326 e. The van der Waals surface area contributed by atoms with E-state index in [4.69, 9.17) is 5.11 Å². The quantitative estimate of drug-likeness (QED) is 0.781. The number of carbonyl (C=O) groups is 2. The lowest BCUT2D eigenvalue weighted by Crippen LogP contribution is -2.42. The Morgan fingerprint density at radius 1 is 1.32 bits per heavy atom. The minimum absolute atomic E-state index is 0.0758. The number of hydrogen-bond acceptors (Lipinski definition) is 2. The fourth-order valence-electron chi connectivity index (χ4n) is 2.31. The molecule has 1 fully saturated rings. The highest BCUT2D eigenvalue weighted by atomic mass is 16.4. The standard InChI is InChI=1S/C14H14N2O3/c17-13(16-12(14(18)19)8-4-5-8)10-2-1-3-11-9(10)6-7-15-11/h1-3,6-8,12,15H,4-5H2,(H,16,17)(H,18,19). The van der Waals surface area contributed by atoms with Gasteiger partial charge in [-0.05, 0) is 37.0 Å². The number of aromatic nitrogens is 1. The van der Waals surface area contributed by atoms with Gasteiger partial charge in [-0.3, -0.25) is 4.79 Å². The van der Waals surface area contributed by atoms with E-state index in [-0.39, 0.29) is 11.8 Å². The fraction of sp³-hybridized carbons (Fsp3) is 0.286. The van der Waals surface area contributed by atoms with Crippen LogP contribution in [0.15, 0.2) is 30.5 Å². The maximum atomic E-state index is 12.2. The summed E-state index contributed by atoms with van der Waals surface area (Å²) in [5, 5.41) is 12.6. The number of H-pyrrole nitrogens is 1. The third-order valence-corrected chi connectivity index (χ3v) is 3.49. The van der Waals surface area contributed by atoms with Crippen LogP contribution in [-0.4, -0.2) is 28.0 Å². The maximum absolute atomic E-state index is 12.2. The van der Waals surface area contributed by atoms with E-state index >= 15 is 0 Å². The first-order chi connectivity index (χ1) is 9.16. The van der Waals surface area contributed by atoms with E-state index in [1.165, 1.54) is 0 Å². The summed E-state index contributed by atoms with van der Waals surface area (Å²) in [6.45, 7) is 0. The zero-order valence-corrected chi connectivity index (χ0v) is 10.2. The molecule has 1 unspecified atom stereocenters. The lowest BCUT2D eigenvalue weighted by Gasteiger charge is -2.13. The topological polar surface area (TPSA) is 82.2 Å². The Morgan fingerprint density at radius 3 is 2.79 bits per heavy atom. The predicted octanol–water partition coefficient (Wildman–Crippen LogP) is 1.76. The van der Waals surface area contributed by atoms with Crippen molar-refractivity contribution in [1.82, 2.24) is 10.3 Å². The van der Waals surface area contributed by atoms with Crippen molar-refractivity contribution in [3.05, 3.63) is 36.0 Å². The largest absolute Gasteiger partial charge is 0.480 e. The predicted molar refractivity (Wildman–Crippen MR) is 69.9 cm³/mol.